The Bertz CT molecular complexity index is 453. The third-order valence-corrected chi connectivity index (χ3v) is 6.53. The van der Waals surface area contributed by atoms with Gasteiger partial charge >= 0.3 is 0 Å². The Balaban J connectivity index is 1.55. The highest BCUT2D eigenvalue weighted by Crippen LogP contribution is 2.41. The number of piperidine rings is 1. The average Bonchev–Trinajstić information content (AvgIpc) is 3.00. The Hall–Kier alpha value is -0.170. The number of hydrogen-bond acceptors (Lipinski definition) is 4. The molecule has 3 heterocycles. The Labute approximate surface area is 121 Å². The van der Waals surface area contributed by atoms with Crippen molar-refractivity contribution < 1.29 is 13.2 Å². The van der Waals surface area contributed by atoms with Crippen LogP contribution in [0, 0.1) is 11.8 Å². The van der Waals surface area contributed by atoms with Crippen LogP contribution in [0.5, 0.6) is 0 Å². The second-order valence-electron chi connectivity index (χ2n) is 6.80. The van der Waals surface area contributed by atoms with E-state index in [1.807, 2.05) is 0 Å². The molecule has 0 aromatic rings. The van der Waals surface area contributed by atoms with Crippen LogP contribution < -0.4 is 5.73 Å². The summed E-state index contributed by atoms with van der Waals surface area (Å²) >= 11 is 0. The number of nitrogens with two attached hydrogens (primary N) is 1. The molecule has 0 saturated carbocycles. The van der Waals surface area contributed by atoms with Crippen molar-refractivity contribution in [1.82, 2.24) is 4.31 Å². The number of nitrogens with zero attached hydrogens (tertiary/aromatic N) is 1. The highest BCUT2D eigenvalue weighted by atomic mass is 32.2. The van der Waals surface area contributed by atoms with E-state index < -0.39 is 10.0 Å². The minimum absolute atomic E-state index is 0.162. The summed E-state index contributed by atoms with van der Waals surface area (Å²) in [6.07, 6.45) is 8.55. The predicted molar refractivity (Wildman–Crippen MR) is 77.7 cm³/mol. The lowest BCUT2D eigenvalue weighted by Gasteiger charge is -2.34. The van der Waals surface area contributed by atoms with Gasteiger partial charge in [0, 0.05) is 25.0 Å². The van der Waals surface area contributed by atoms with Gasteiger partial charge in [-0.3, -0.25) is 0 Å². The Morgan fingerprint density at radius 1 is 1.35 bits per heavy atom. The number of hydrogen-bond donors (Lipinski definition) is 1. The van der Waals surface area contributed by atoms with Crippen LogP contribution >= 0.6 is 0 Å². The third kappa shape index (κ3) is 3.03. The van der Waals surface area contributed by atoms with Crippen LogP contribution in [0.25, 0.3) is 0 Å². The first-order chi connectivity index (χ1) is 9.43. The number of ether oxygens (including phenoxy) is 1. The van der Waals surface area contributed by atoms with Gasteiger partial charge in [-0.2, -0.15) is 0 Å². The highest BCUT2D eigenvalue weighted by molar-refractivity contribution is 7.88. The van der Waals surface area contributed by atoms with Crippen molar-refractivity contribution in [2.75, 3.05) is 19.3 Å². The fraction of sp³-hybridized carbons (Fsp3) is 1.00. The molecule has 20 heavy (non-hydrogen) atoms. The standard InChI is InChI=1S/C14H26N2O3S/c1-20(17,18)16-6-2-3-10(9-16)7-13(15)12-8-11-4-5-14(12)19-11/h10-14H,2-9,15H2,1H3. The molecule has 3 rings (SSSR count). The molecule has 0 amide bonds. The van der Waals surface area contributed by atoms with E-state index in [0.29, 0.717) is 37.1 Å². The molecular formula is C14H26N2O3S. The zero-order chi connectivity index (χ0) is 14.3. The van der Waals surface area contributed by atoms with Gasteiger partial charge in [-0.15, -0.1) is 0 Å². The van der Waals surface area contributed by atoms with E-state index in [1.54, 1.807) is 4.31 Å². The third-order valence-electron chi connectivity index (χ3n) is 5.26. The lowest BCUT2D eigenvalue weighted by Crippen LogP contribution is -2.43. The summed E-state index contributed by atoms with van der Waals surface area (Å²) in [5.74, 6) is 0.898. The van der Waals surface area contributed by atoms with Crippen LogP contribution in [-0.4, -0.2) is 50.3 Å². The van der Waals surface area contributed by atoms with E-state index in [-0.39, 0.29) is 6.04 Å². The fourth-order valence-electron chi connectivity index (χ4n) is 4.21. The van der Waals surface area contributed by atoms with Crippen LogP contribution in [0.1, 0.15) is 38.5 Å². The van der Waals surface area contributed by atoms with Gasteiger partial charge in [0.15, 0.2) is 0 Å². The van der Waals surface area contributed by atoms with E-state index in [2.05, 4.69) is 0 Å². The molecule has 2 bridgehead atoms. The summed E-state index contributed by atoms with van der Waals surface area (Å²) in [7, 11) is -3.05. The largest absolute Gasteiger partial charge is 0.375 e. The minimum Gasteiger partial charge on any atom is -0.375 e. The van der Waals surface area contributed by atoms with Crippen LogP contribution in [0.2, 0.25) is 0 Å². The highest BCUT2D eigenvalue weighted by Gasteiger charge is 2.43. The van der Waals surface area contributed by atoms with Crippen molar-refractivity contribution in [2.24, 2.45) is 17.6 Å². The zero-order valence-electron chi connectivity index (χ0n) is 12.2. The van der Waals surface area contributed by atoms with Gasteiger partial charge in [0.05, 0.1) is 18.5 Å². The number of fused-ring (bicyclic) bond motifs is 2. The van der Waals surface area contributed by atoms with Gasteiger partial charge in [0.2, 0.25) is 10.0 Å². The van der Waals surface area contributed by atoms with Crippen molar-refractivity contribution >= 4 is 10.0 Å². The molecule has 6 heteroatoms. The van der Waals surface area contributed by atoms with Gasteiger partial charge in [0.1, 0.15) is 0 Å². The summed E-state index contributed by atoms with van der Waals surface area (Å²) in [4.78, 5) is 0. The monoisotopic (exact) mass is 302 g/mol. The van der Waals surface area contributed by atoms with E-state index >= 15 is 0 Å². The van der Waals surface area contributed by atoms with Gasteiger partial charge in [-0.1, -0.05) is 0 Å². The topological polar surface area (TPSA) is 72.6 Å². The predicted octanol–water partition coefficient (Wildman–Crippen LogP) is 0.943. The minimum atomic E-state index is -3.05. The Morgan fingerprint density at radius 2 is 2.15 bits per heavy atom. The van der Waals surface area contributed by atoms with Crippen molar-refractivity contribution in [2.45, 2.75) is 56.8 Å². The van der Waals surface area contributed by atoms with E-state index in [4.69, 9.17) is 10.5 Å². The quantitative estimate of drug-likeness (QED) is 0.839. The second-order valence-corrected chi connectivity index (χ2v) is 8.78. The SMILES string of the molecule is CS(=O)(=O)N1CCCC(CC(N)C2CC3CCC2O3)C1. The van der Waals surface area contributed by atoms with Crippen LogP contribution in [0.3, 0.4) is 0 Å². The van der Waals surface area contributed by atoms with Crippen LogP contribution in [-0.2, 0) is 14.8 Å². The molecule has 3 aliphatic heterocycles. The van der Waals surface area contributed by atoms with E-state index in [0.717, 1.165) is 32.1 Å². The molecule has 3 fully saturated rings. The second kappa shape index (κ2) is 5.55. The first-order valence-corrected chi connectivity index (χ1v) is 9.64. The van der Waals surface area contributed by atoms with Gasteiger partial charge in [-0.25, -0.2) is 12.7 Å². The maximum Gasteiger partial charge on any atom is 0.211 e. The normalized spacial score (nSPS) is 40.1. The lowest BCUT2D eigenvalue weighted by atomic mass is 9.79. The van der Waals surface area contributed by atoms with Gasteiger partial charge in [-0.05, 0) is 44.4 Å². The fourth-order valence-corrected chi connectivity index (χ4v) is 5.15. The summed E-state index contributed by atoms with van der Waals surface area (Å²) in [5.41, 5.74) is 6.40. The Morgan fingerprint density at radius 3 is 2.75 bits per heavy atom. The average molecular weight is 302 g/mol. The smallest absolute Gasteiger partial charge is 0.211 e. The number of rotatable bonds is 4. The molecule has 0 aliphatic carbocycles. The van der Waals surface area contributed by atoms with E-state index in [1.165, 1.54) is 12.7 Å². The summed E-state index contributed by atoms with van der Waals surface area (Å²) in [5, 5.41) is 0. The lowest BCUT2D eigenvalue weighted by molar-refractivity contribution is 0.0856. The molecule has 0 aromatic heterocycles. The molecule has 3 aliphatic rings. The molecule has 5 nitrogen and oxygen atoms in total. The van der Waals surface area contributed by atoms with Gasteiger partial charge < -0.3 is 10.5 Å². The van der Waals surface area contributed by atoms with Gasteiger partial charge in [0.25, 0.3) is 0 Å². The van der Waals surface area contributed by atoms with Crippen LogP contribution in [0.15, 0.2) is 0 Å². The molecule has 0 aromatic carbocycles. The molecule has 2 N–H and O–H groups in total. The van der Waals surface area contributed by atoms with Crippen molar-refractivity contribution in [3.63, 3.8) is 0 Å². The summed E-state index contributed by atoms with van der Waals surface area (Å²) in [6.45, 7) is 1.32. The zero-order valence-corrected chi connectivity index (χ0v) is 13.0. The molecule has 3 saturated heterocycles. The molecule has 5 unspecified atom stereocenters. The van der Waals surface area contributed by atoms with Crippen molar-refractivity contribution in [3.05, 3.63) is 0 Å². The molecule has 0 spiro atoms. The number of sulfonamides is 1. The maximum absolute atomic E-state index is 11.7. The molecular weight excluding hydrogens is 276 g/mol. The summed E-state index contributed by atoms with van der Waals surface area (Å²) < 4.78 is 30.8. The van der Waals surface area contributed by atoms with Crippen molar-refractivity contribution in [3.8, 4) is 0 Å². The molecule has 116 valence electrons. The van der Waals surface area contributed by atoms with Crippen molar-refractivity contribution in [1.29, 1.82) is 0 Å². The first kappa shape index (κ1) is 14.8. The molecule has 0 radical (unpaired) electrons. The Kier molecular flexibility index (Phi) is 4.10. The maximum atomic E-state index is 11.7. The van der Waals surface area contributed by atoms with E-state index in [9.17, 15) is 8.42 Å². The molecule has 5 atom stereocenters. The van der Waals surface area contributed by atoms with Crippen LogP contribution in [0.4, 0.5) is 0 Å². The summed E-state index contributed by atoms with van der Waals surface area (Å²) in [6, 6.07) is 0.162. The first-order valence-electron chi connectivity index (χ1n) is 7.79.